The lowest BCUT2D eigenvalue weighted by Gasteiger charge is -2.29. The smallest absolute Gasteiger partial charge is 0.131 e. The molecule has 3 aromatic rings. The first-order valence-electron chi connectivity index (χ1n) is 9.99. The summed E-state index contributed by atoms with van der Waals surface area (Å²) in [7, 11) is 0. The molecular weight excluding hydrogens is 320 g/mol. The second-order valence-electron chi connectivity index (χ2n) is 7.85. The Morgan fingerprint density at radius 2 is 2.04 bits per heavy atom. The summed E-state index contributed by atoms with van der Waals surface area (Å²) in [5.74, 6) is 1.68. The van der Waals surface area contributed by atoms with Crippen molar-refractivity contribution in [2.75, 3.05) is 6.54 Å². The third-order valence-corrected chi connectivity index (χ3v) is 6.09. The number of aromatic amines is 1. The Balaban J connectivity index is 1.36. The van der Waals surface area contributed by atoms with Gasteiger partial charge in [0.05, 0.1) is 5.69 Å². The number of hydrogen-bond donors (Lipinski definition) is 1. The highest BCUT2D eigenvalue weighted by Crippen LogP contribution is 2.31. The Morgan fingerprint density at radius 3 is 2.96 bits per heavy atom. The highest BCUT2D eigenvalue weighted by Gasteiger charge is 2.23. The number of rotatable bonds is 3. The normalized spacial score (nSPS) is 18.9. The molecule has 0 saturated heterocycles. The zero-order valence-corrected chi connectivity index (χ0v) is 15.2. The SMILES string of the molecule is c1cc(CN2CCc3cnc(C4CCCCC4)nc3C2)c2cc[nH]c2c1. The molecule has 1 aromatic carbocycles. The Labute approximate surface area is 154 Å². The highest BCUT2D eigenvalue weighted by atomic mass is 15.1. The van der Waals surface area contributed by atoms with Crippen LogP contribution in [0.5, 0.6) is 0 Å². The molecule has 0 radical (unpaired) electrons. The van der Waals surface area contributed by atoms with Crippen molar-refractivity contribution in [2.24, 2.45) is 0 Å². The number of hydrogen-bond acceptors (Lipinski definition) is 3. The van der Waals surface area contributed by atoms with Crippen LogP contribution in [0, 0.1) is 0 Å². The summed E-state index contributed by atoms with van der Waals surface area (Å²) < 4.78 is 0. The largest absolute Gasteiger partial charge is 0.361 e. The third kappa shape index (κ3) is 3.03. The third-order valence-electron chi connectivity index (χ3n) is 6.09. The van der Waals surface area contributed by atoms with Crippen LogP contribution in [0.3, 0.4) is 0 Å². The predicted molar refractivity (Wildman–Crippen MR) is 104 cm³/mol. The maximum absolute atomic E-state index is 5.02. The molecule has 5 rings (SSSR count). The molecule has 1 saturated carbocycles. The maximum atomic E-state index is 5.02. The molecule has 4 heteroatoms. The molecule has 0 spiro atoms. The van der Waals surface area contributed by atoms with E-state index < -0.39 is 0 Å². The van der Waals surface area contributed by atoms with E-state index >= 15 is 0 Å². The van der Waals surface area contributed by atoms with Gasteiger partial charge in [0.25, 0.3) is 0 Å². The van der Waals surface area contributed by atoms with E-state index in [2.05, 4.69) is 40.3 Å². The topological polar surface area (TPSA) is 44.8 Å². The molecule has 1 fully saturated rings. The highest BCUT2D eigenvalue weighted by molar-refractivity contribution is 5.82. The summed E-state index contributed by atoms with van der Waals surface area (Å²) in [5.41, 5.74) is 5.23. The fourth-order valence-electron chi connectivity index (χ4n) is 4.59. The Bertz CT molecular complexity index is 907. The van der Waals surface area contributed by atoms with Crippen molar-refractivity contribution in [3.05, 3.63) is 59.3 Å². The van der Waals surface area contributed by atoms with Gasteiger partial charge in [0.15, 0.2) is 0 Å². The predicted octanol–water partition coefficient (Wildman–Crippen LogP) is 4.56. The van der Waals surface area contributed by atoms with E-state index in [0.29, 0.717) is 5.92 Å². The lowest BCUT2D eigenvalue weighted by atomic mass is 9.88. The van der Waals surface area contributed by atoms with Gasteiger partial charge < -0.3 is 4.98 Å². The van der Waals surface area contributed by atoms with Crippen LogP contribution in [-0.4, -0.2) is 26.4 Å². The number of nitrogens with zero attached hydrogens (tertiary/aromatic N) is 3. The molecule has 1 aliphatic heterocycles. The summed E-state index contributed by atoms with van der Waals surface area (Å²) in [4.78, 5) is 15.6. The lowest BCUT2D eigenvalue weighted by molar-refractivity contribution is 0.241. The Kier molecular flexibility index (Phi) is 4.21. The van der Waals surface area contributed by atoms with E-state index in [9.17, 15) is 0 Å². The van der Waals surface area contributed by atoms with Crippen molar-refractivity contribution in [1.29, 1.82) is 0 Å². The van der Waals surface area contributed by atoms with E-state index in [-0.39, 0.29) is 0 Å². The number of H-pyrrole nitrogens is 1. The van der Waals surface area contributed by atoms with Crippen LogP contribution in [0.4, 0.5) is 0 Å². The molecule has 26 heavy (non-hydrogen) atoms. The van der Waals surface area contributed by atoms with Crippen LogP contribution in [0.25, 0.3) is 10.9 Å². The number of aromatic nitrogens is 3. The molecule has 1 N–H and O–H groups in total. The monoisotopic (exact) mass is 346 g/mol. The van der Waals surface area contributed by atoms with Gasteiger partial charge in [-0.2, -0.15) is 0 Å². The fourth-order valence-corrected chi connectivity index (χ4v) is 4.59. The van der Waals surface area contributed by atoms with Crippen molar-refractivity contribution in [1.82, 2.24) is 19.9 Å². The second-order valence-corrected chi connectivity index (χ2v) is 7.85. The van der Waals surface area contributed by atoms with E-state index in [0.717, 1.165) is 31.9 Å². The lowest BCUT2D eigenvalue weighted by Crippen LogP contribution is -2.31. The first-order valence-corrected chi connectivity index (χ1v) is 9.99. The Morgan fingerprint density at radius 1 is 1.12 bits per heavy atom. The number of benzene rings is 1. The van der Waals surface area contributed by atoms with Gasteiger partial charge in [-0.05, 0) is 42.5 Å². The molecule has 1 aliphatic carbocycles. The summed E-state index contributed by atoms with van der Waals surface area (Å²) in [6.45, 7) is 3.01. The summed E-state index contributed by atoms with van der Waals surface area (Å²) in [5, 5.41) is 1.34. The van der Waals surface area contributed by atoms with Gasteiger partial charge in [0, 0.05) is 48.8 Å². The van der Waals surface area contributed by atoms with Crippen molar-refractivity contribution in [2.45, 2.75) is 57.5 Å². The fraction of sp³-hybridized carbons (Fsp3) is 0.455. The first kappa shape index (κ1) is 16.0. The molecule has 0 atom stereocenters. The van der Waals surface area contributed by atoms with Crippen LogP contribution < -0.4 is 0 Å². The molecule has 4 nitrogen and oxygen atoms in total. The van der Waals surface area contributed by atoms with Gasteiger partial charge >= 0.3 is 0 Å². The maximum Gasteiger partial charge on any atom is 0.131 e. The second kappa shape index (κ2) is 6.84. The van der Waals surface area contributed by atoms with Gasteiger partial charge in [-0.15, -0.1) is 0 Å². The van der Waals surface area contributed by atoms with Gasteiger partial charge in [-0.3, -0.25) is 4.90 Å². The van der Waals surface area contributed by atoms with E-state index in [1.54, 1.807) is 0 Å². The number of fused-ring (bicyclic) bond motifs is 2. The molecule has 0 bridgehead atoms. The zero-order valence-electron chi connectivity index (χ0n) is 15.2. The summed E-state index contributed by atoms with van der Waals surface area (Å²) in [6.07, 6.45) is 11.8. The van der Waals surface area contributed by atoms with E-state index in [1.165, 1.54) is 59.8 Å². The molecular formula is C22H26N4. The Hall–Kier alpha value is -2.20. The molecule has 0 amide bonds. The quantitative estimate of drug-likeness (QED) is 0.756. The van der Waals surface area contributed by atoms with Gasteiger partial charge in [-0.1, -0.05) is 31.4 Å². The van der Waals surface area contributed by atoms with Crippen molar-refractivity contribution >= 4 is 10.9 Å². The molecule has 3 heterocycles. The van der Waals surface area contributed by atoms with Crippen molar-refractivity contribution in [3.8, 4) is 0 Å². The molecule has 2 aromatic heterocycles. The summed E-state index contributed by atoms with van der Waals surface area (Å²) in [6, 6.07) is 8.73. The molecule has 2 aliphatic rings. The van der Waals surface area contributed by atoms with Crippen molar-refractivity contribution < 1.29 is 0 Å². The van der Waals surface area contributed by atoms with Gasteiger partial charge in [-0.25, -0.2) is 9.97 Å². The van der Waals surface area contributed by atoms with E-state index in [4.69, 9.17) is 9.97 Å². The van der Waals surface area contributed by atoms with Crippen LogP contribution in [-0.2, 0) is 19.5 Å². The van der Waals surface area contributed by atoms with Crippen LogP contribution in [0.1, 0.15) is 60.7 Å². The number of nitrogens with one attached hydrogen (secondary N) is 1. The van der Waals surface area contributed by atoms with Gasteiger partial charge in [0.2, 0.25) is 0 Å². The van der Waals surface area contributed by atoms with Crippen LogP contribution in [0.2, 0.25) is 0 Å². The standard InChI is InChI=1S/C22H26N4/c1-2-5-16(6-3-1)22-24-13-17-10-12-26(15-21(17)25-22)14-18-7-4-8-20-19(18)9-11-23-20/h4,7-9,11,13,16,23H,1-3,5-6,10,12,14-15H2. The summed E-state index contributed by atoms with van der Waals surface area (Å²) >= 11 is 0. The average Bonchev–Trinajstić information content (AvgIpc) is 3.18. The van der Waals surface area contributed by atoms with E-state index in [1.807, 2.05) is 6.20 Å². The van der Waals surface area contributed by atoms with Gasteiger partial charge in [0.1, 0.15) is 5.82 Å². The minimum absolute atomic E-state index is 0.582. The average molecular weight is 346 g/mol. The minimum Gasteiger partial charge on any atom is -0.361 e. The molecule has 0 unspecified atom stereocenters. The minimum atomic E-state index is 0.582. The molecule has 134 valence electrons. The first-order chi connectivity index (χ1) is 12.9. The zero-order chi connectivity index (χ0) is 17.3. The van der Waals surface area contributed by atoms with Crippen LogP contribution >= 0.6 is 0 Å². The van der Waals surface area contributed by atoms with Crippen molar-refractivity contribution in [3.63, 3.8) is 0 Å². The van der Waals surface area contributed by atoms with Crippen LogP contribution in [0.15, 0.2) is 36.7 Å².